The van der Waals surface area contributed by atoms with Gasteiger partial charge >= 0.3 is 5.97 Å². The molecule has 0 aliphatic carbocycles. The van der Waals surface area contributed by atoms with Crippen molar-refractivity contribution in [3.8, 4) is 5.75 Å². The lowest BCUT2D eigenvalue weighted by Gasteiger charge is -2.13. The van der Waals surface area contributed by atoms with Crippen molar-refractivity contribution in [2.75, 3.05) is 13.7 Å². The monoisotopic (exact) mass is 392 g/mol. The van der Waals surface area contributed by atoms with Crippen LogP contribution in [0.3, 0.4) is 0 Å². The molecule has 0 unspecified atom stereocenters. The van der Waals surface area contributed by atoms with Gasteiger partial charge in [0.25, 0.3) is 0 Å². The fraction of sp³-hybridized carbons (Fsp3) is 0.261. The third kappa shape index (κ3) is 4.54. The second kappa shape index (κ2) is 9.19. The van der Waals surface area contributed by atoms with Crippen LogP contribution in [0.5, 0.6) is 5.75 Å². The van der Waals surface area contributed by atoms with Crippen LogP contribution >= 0.6 is 0 Å². The van der Waals surface area contributed by atoms with Crippen LogP contribution in [-0.2, 0) is 9.53 Å². The van der Waals surface area contributed by atoms with Gasteiger partial charge in [-0.25, -0.2) is 9.78 Å². The minimum atomic E-state index is -0.453. The maximum absolute atomic E-state index is 13.3. The smallest absolute Gasteiger partial charge is 0.330 e. The lowest BCUT2D eigenvalue weighted by atomic mass is 9.92. The Morgan fingerprint density at radius 1 is 1.17 bits per heavy atom. The second-order valence-corrected chi connectivity index (χ2v) is 6.57. The first-order valence-corrected chi connectivity index (χ1v) is 9.49. The van der Waals surface area contributed by atoms with Gasteiger partial charge in [0.15, 0.2) is 17.2 Å². The molecular formula is C23H24N2O4. The Labute approximate surface area is 169 Å². The summed E-state index contributed by atoms with van der Waals surface area (Å²) in [7, 11) is 1.33. The van der Waals surface area contributed by atoms with E-state index in [4.69, 9.17) is 4.74 Å². The minimum absolute atomic E-state index is 0.0629. The zero-order valence-electron chi connectivity index (χ0n) is 16.8. The molecule has 3 aromatic rings. The molecule has 1 atom stereocenters. The molecule has 0 aliphatic heterocycles. The van der Waals surface area contributed by atoms with E-state index in [1.165, 1.54) is 13.2 Å². The maximum Gasteiger partial charge on any atom is 0.330 e. The van der Waals surface area contributed by atoms with Crippen LogP contribution in [0.4, 0.5) is 0 Å². The SMILES string of the molecule is CCOc1cccn2c(C(=O)C[C@@H](/C=C/C(=O)OC)c3ccccc3)c(C)nc12. The van der Waals surface area contributed by atoms with Crippen LogP contribution in [0.2, 0.25) is 0 Å². The molecule has 6 nitrogen and oxygen atoms in total. The van der Waals surface area contributed by atoms with E-state index >= 15 is 0 Å². The van der Waals surface area contributed by atoms with E-state index in [1.54, 1.807) is 10.5 Å². The molecule has 6 heteroatoms. The molecule has 0 fully saturated rings. The molecule has 29 heavy (non-hydrogen) atoms. The predicted octanol–water partition coefficient (Wildman–Crippen LogP) is 4.13. The number of fused-ring (bicyclic) bond motifs is 1. The number of methoxy groups -OCH3 is 1. The topological polar surface area (TPSA) is 69.9 Å². The number of carbonyl (C=O) groups excluding carboxylic acids is 2. The fourth-order valence-corrected chi connectivity index (χ4v) is 3.32. The van der Waals surface area contributed by atoms with Gasteiger partial charge in [0.1, 0.15) is 5.69 Å². The summed E-state index contributed by atoms with van der Waals surface area (Å²) in [4.78, 5) is 29.4. The van der Waals surface area contributed by atoms with Crippen LogP contribution in [0.15, 0.2) is 60.8 Å². The number of ether oxygens (including phenoxy) is 2. The first-order valence-electron chi connectivity index (χ1n) is 9.49. The Morgan fingerprint density at radius 2 is 1.93 bits per heavy atom. The number of aryl methyl sites for hydroxylation is 1. The number of carbonyl (C=O) groups is 2. The van der Waals surface area contributed by atoms with Gasteiger partial charge in [-0.05, 0) is 31.5 Å². The molecule has 0 radical (unpaired) electrons. The Hall–Kier alpha value is -3.41. The van der Waals surface area contributed by atoms with Gasteiger partial charge in [0.05, 0.1) is 19.4 Å². The summed E-state index contributed by atoms with van der Waals surface area (Å²) in [5.41, 5.74) is 2.74. The van der Waals surface area contributed by atoms with Crippen molar-refractivity contribution in [2.45, 2.75) is 26.2 Å². The first kappa shape index (κ1) is 20.3. The molecule has 0 saturated heterocycles. The average Bonchev–Trinajstić information content (AvgIpc) is 3.08. The van der Waals surface area contributed by atoms with Crippen molar-refractivity contribution in [3.63, 3.8) is 0 Å². The number of imidazole rings is 1. The lowest BCUT2D eigenvalue weighted by molar-refractivity contribution is -0.134. The summed E-state index contributed by atoms with van der Waals surface area (Å²) in [5.74, 6) is -0.136. The summed E-state index contributed by atoms with van der Waals surface area (Å²) < 4.78 is 12.1. The third-order valence-corrected chi connectivity index (χ3v) is 4.65. The van der Waals surface area contributed by atoms with Crippen molar-refractivity contribution >= 4 is 17.4 Å². The molecule has 1 aromatic carbocycles. The number of benzene rings is 1. The van der Waals surface area contributed by atoms with Crippen LogP contribution in [0.25, 0.3) is 5.65 Å². The lowest BCUT2D eigenvalue weighted by Crippen LogP contribution is -2.10. The predicted molar refractivity (Wildman–Crippen MR) is 110 cm³/mol. The van der Waals surface area contributed by atoms with Gasteiger partial charge in [-0.1, -0.05) is 36.4 Å². The van der Waals surface area contributed by atoms with Gasteiger partial charge in [-0.2, -0.15) is 0 Å². The van der Waals surface area contributed by atoms with Gasteiger partial charge in [0.2, 0.25) is 0 Å². The van der Waals surface area contributed by atoms with E-state index in [0.717, 1.165) is 5.56 Å². The zero-order chi connectivity index (χ0) is 20.8. The number of ketones is 1. The van der Waals surface area contributed by atoms with Crippen molar-refractivity contribution in [2.24, 2.45) is 0 Å². The maximum atomic E-state index is 13.3. The highest BCUT2D eigenvalue weighted by Crippen LogP contribution is 2.27. The van der Waals surface area contributed by atoms with E-state index < -0.39 is 5.97 Å². The van der Waals surface area contributed by atoms with Gasteiger partial charge < -0.3 is 9.47 Å². The van der Waals surface area contributed by atoms with Crippen LogP contribution in [0.1, 0.15) is 41.0 Å². The summed E-state index contributed by atoms with van der Waals surface area (Å²) in [6.07, 6.45) is 5.08. The molecule has 0 N–H and O–H groups in total. The normalized spacial score (nSPS) is 12.2. The number of pyridine rings is 1. The first-order chi connectivity index (χ1) is 14.0. The van der Waals surface area contributed by atoms with Gasteiger partial charge in [-0.3, -0.25) is 9.20 Å². The fourth-order valence-electron chi connectivity index (χ4n) is 3.32. The third-order valence-electron chi connectivity index (χ3n) is 4.65. The van der Waals surface area contributed by atoms with E-state index in [2.05, 4.69) is 9.72 Å². The molecule has 0 bridgehead atoms. The Bertz CT molecular complexity index is 1040. The van der Waals surface area contributed by atoms with E-state index in [0.29, 0.717) is 29.4 Å². The molecule has 2 heterocycles. The summed E-state index contributed by atoms with van der Waals surface area (Å²) in [6, 6.07) is 13.3. The highest BCUT2D eigenvalue weighted by Gasteiger charge is 2.22. The van der Waals surface area contributed by atoms with Crippen molar-refractivity contribution < 1.29 is 19.1 Å². The number of aromatic nitrogens is 2. The second-order valence-electron chi connectivity index (χ2n) is 6.57. The molecular weight excluding hydrogens is 368 g/mol. The highest BCUT2D eigenvalue weighted by molar-refractivity contribution is 5.97. The van der Waals surface area contributed by atoms with Crippen molar-refractivity contribution in [3.05, 3.63) is 77.8 Å². The van der Waals surface area contributed by atoms with Gasteiger partial charge in [-0.15, -0.1) is 0 Å². The Kier molecular flexibility index (Phi) is 6.44. The van der Waals surface area contributed by atoms with E-state index in [9.17, 15) is 9.59 Å². The van der Waals surface area contributed by atoms with Crippen LogP contribution < -0.4 is 4.74 Å². The highest BCUT2D eigenvalue weighted by atomic mass is 16.5. The molecule has 0 saturated carbocycles. The minimum Gasteiger partial charge on any atom is -0.490 e. The zero-order valence-corrected chi connectivity index (χ0v) is 16.8. The Balaban J connectivity index is 1.96. The number of hydrogen-bond donors (Lipinski definition) is 0. The van der Waals surface area contributed by atoms with Crippen molar-refractivity contribution in [1.82, 2.24) is 9.38 Å². The number of esters is 1. The quantitative estimate of drug-likeness (QED) is 0.328. The van der Waals surface area contributed by atoms with Gasteiger partial charge in [0, 0.05) is 24.6 Å². The molecule has 0 amide bonds. The number of nitrogens with zero attached hydrogens (tertiary/aromatic N) is 2. The summed E-state index contributed by atoms with van der Waals surface area (Å²) >= 11 is 0. The number of hydrogen-bond acceptors (Lipinski definition) is 5. The Morgan fingerprint density at radius 3 is 2.62 bits per heavy atom. The van der Waals surface area contributed by atoms with Crippen molar-refractivity contribution in [1.29, 1.82) is 0 Å². The molecule has 3 rings (SSSR count). The molecule has 0 aliphatic rings. The number of rotatable bonds is 8. The molecule has 2 aromatic heterocycles. The average molecular weight is 392 g/mol. The van der Waals surface area contributed by atoms with E-state index in [-0.39, 0.29) is 18.1 Å². The summed E-state index contributed by atoms with van der Waals surface area (Å²) in [5, 5.41) is 0. The summed E-state index contributed by atoms with van der Waals surface area (Å²) in [6.45, 7) is 4.24. The molecule has 0 spiro atoms. The number of Topliss-reactive ketones (excluding diaryl/α,β-unsaturated/α-hetero) is 1. The van der Waals surface area contributed by atoms with E-state index in [1.807, 2.05) is 62.5 Å². The van der Waals surface area contributed by atoms with Crippen LogP contribution in [0, 0.1) is 6.92 Å². The molecule has 150 valence electrons. The number of allylic oxidation sites excluding steroid dienone is 1. The standard InChI is InChI=1S/C23H24N2O4/c1-4-29-20-11-8-14-25-22(16(2)24-23(20)25)19(26)15-18(12-13-21(27)28-3)17-9-6-5-7-10-17/h5-14,18H,4,15H2,1-3H3/b13-12+/t18-/m1/s1. The largest absolute Gasteiger partial charge is 0.490 e. The van der Waals surface area contributed by atoms with Crippen LogP contribution in [-0.4, -0.2) is 34.9 Å².